The first-order chi connectivity index (χ1) is 8.56. The molecule has 2 rings (SSSR count). The minimum absolute atomic E-state index is 0.209. The largest absolute Gasteiger partial charge is 0.398 e. The predicted octanol–water partition coefficient (Wildman–Crippen LogP) is 3.59. The quantitative estimate of drug-likeness (QED) is 0.833. The van der Waals surface area contributed by atoms with Crippen LogP contribution >= 0.6 is 15.9 Å². The second-order valence-electron chi connectivity index (χ2n) is 4.06. The van der Waals surface area contributed by atoms with Gasteiger partial charge < -0.3 is 11.1 Å². The van der Waals surface area contributed by atoms with Crippen LogP contribution in [0.25, 0.3) is 0 Å². The maximum atomic E-state index is 12.1. The van der Waals surface area contributed by atoms with Gasteiger partial charge in [0.2, 0.25) is 0 Å². The van der Waals surface area contributed by atoms with Gasteiger partial charge in [0.1, 0.15) is 0 Å². The first-order valence-electron chi connectivity index (χ1n) is 5.49. The Bertz CT molecular complexity index is 596. The second kappa shape index (κ2) is 5.23. The fraction of sp³-hybridized carbons (Fsp3) is 0.0714. The number of carbonyl (C=O) groups excluding carboxylic acids is 1. The van der Waals surface area contributed by atoms with Gasteiger partial charge in [0.15, 0.2) is 0 Å². The van der Waals surface area contributed by atoms with Crippen molar-refractivity contribution in [1.82, 2.24) is 0 Å². The van der Waals surface area contributed by atoms with Crippen LogP contribution in [0.2, 0.25) is 0 Å². The van der Waals surface area contributed by atoms with Gasteiger partial charge in [-0.2, -0.15) is 0 Å². The summed E-state index contributed by atoms with van der Waals surface area (Å²) in [6.45, 7) is 1.98. The SMILES string of the molecule is Cc1cccc(NC(=O)c2cc(Br)ccc2N)c1. The Hall–Kier alpha value is -1.81. The summed E-state index contributed by atoms with van der Waals surface area (Å²) in [4.78, 5) is 12.1. The summed E-state index contributed by atoms with van der Waals surface area (Å²) in [7, 11) is 0. The number of hydrogen-bond donors (Lipinski definition) is 2. The van der Waals surface area contributed by atoms with Crippen molar-refractivity contribution >= 4 is 33.2 Å². The number of hydrogen-bond acceptors (Lipinski definition) is 2. The smallest absolute Gasteiger partial charge is 0.257 e. The number of nitrogen functional groups attached to an aromatic ring is 1. The van der Waals surface area contributed by atoms with Gasteiger partial charge in [0.25, 0.3) is 5.91 Å². The van der Waals surface area contributed by atoms with Crippen LogP contribution in [0.3, 0.4) is 0 Å². The lowest BCUT2D eigenvalue weighted by atomic mass is 10.1. The van der Waals surface area contributed by atoms with Crippen LogP contribution < -0.4 is 11.1 Å². The lowest BCUT2D eigenvalue weighted by Crippen LogP contribution is -2.14. The average Bonchev–Trinajstić information content (AvgIpc) is 2.32. The van der Waals surface area contributed by atoms with E-state index in [1.165, 1.54) is 0 Å². The van der Waals surface area contributed by atoms with Gasteiger partial charge in [-0.1, -0.05) is 28.1 Å². The van der Waals surface area contributed by atoms with Gasteiger partial charge in [0.05, 0.1) is 5.56 Å². The summed E-state index contributed by atoms with van der Waals surface area (Å²) < 4.78 is 0.825. The Balaban J connectivity index is 2.24. The molecule has 3 nitrogen and oxygen atoms in total. The monoisotopic (exact) mass is 304 g/mol. The number of nitrogens with two attached hydrogens (primary N) is 1. The zero-order chi connectivity index (χ0) is 13.1. The average molecular weight is 305 g/mol. The molecule has 0 unspecified atom stereocenters. The highest BCUT2D eigenvalue weighted by Gasteiger charge is 2.10. The van der Waals surface area contributed by atoms with Crippen molar-refractivity contribution in [2.75, 3.05) is 11.1 Å². The van der Waals surface area contributed by atoms with Crippen LogP contribution in [-0.4, -0.2) is 5.91 Å². The normalized spacial score (nSPS) is 10.1. The third kappa shape index (κ3) is 2.90. The van der Waals surface area contributed by atoms with E-state index in [-0.39, 0.29) is 5.91 Å². The van der Waals surface area contributed by atoms with Gasteiger partial charge in [-0.05, 0) is 42.8 Å². The molecule has 0 saturated heterocycles. The zero-order valence-electron chi connectivity index (χ0n) is 9.91. The first kappa shape index (κ1) is 12.6. The predicted molar refractivity (Wildman–Crippen MR) is 77.7 cm³/mol. The fourth-order valence-electron chi connectivity index (χ4n) is 1.65. The molecule has 0 spiro atoms. The fourth-order valence-corrected chi connectivity index (χ4v) is 2.01. The number of halogens is 1. The minimum atomic E-state index is -0.209. The van der Waals surface area contributed by atoms with Crippen LogP contribution in [-0.2, 0) is 0 Å². The molecule has 4 heteroatoms. The third-order valence-corrected chi connectivity index (χ3v) is 3.03. The number of rotatable bonds is 2. The van der Waals surface area contributed by atoms with E-state index in [0.29, 0.717) is 11.3 Å². The molecule has 2 aromatic rings. The summed E-state index contributed by atoms with van der Waals surface area (Å²) >= 11 is 3.33. The van der Waals surface area contributed by atoms with Crippen molar-refractivity contribution in [2.24, 2.45) is 0 Å². The molecule has 92 valence electrons. The maximum absolute atomic E-state index is 12.1. The molecule has 0 aliphatic heterocycles. The summed E-state index contributed by atoms with van der Waals surface area (Å²) in [5.74, 6) is -0.209. The molecule has 0 aromatic heterocycles. The standard InChI is InChI=1S/C14H13BrN2O/c1-9-3-2-4-11(7-9)17-14(18)12-8-10(15)5-6-13(12)16/h2-8H,16H2,1H3,(H,17,18). The van der Waals surface area contributed by atoms with Crippen LogP contribution in [0.1, 0.15) is 15.9 Å². The van der Waals surface area contributed by atoms with Gasteiger partial charge in [-0.3, -0.25) is 4.79 Å². The van der Waals surface area contributed by atoms with E-state index in [1.54, 1.807) is 18.2 Å². The van der Waals surface area contributed by atoms with Crippen molar-refractivity contribution < 1.29 is 4.79 Å². The molecule has 0 heterocycles. The topological polar surface area (TPSA) is 55.1 Å². The van der Waals surface area contributed by atoms with E-state index in [2.05, 4.69) is 21.2 Å². The highest BCUT2D eigenvalue weighted by atomic mass is 79.9. The molecule has 18 heavy (non-hydrogen) atoms. The zero-order valence-corrected chi connectivity index (χ0v) is 11.5. The summed E-state index contributed by atoms with van der Waals surface area (Å²) in [6.07, 6.45) is 0. The van der Waals surface area contributed by atoms with Crippen molar-refractivity contribution in [3.63, 3.8) is 0 Å². The van der Waals surface area contributed by atoms with Crippen molar-refractivity contribution in [2.45, 2.75) is 6.92 Å². The number of amides is 1. The molecule has 0 atom stereocenters. The molecule has 0 saturated carbocycles. The molecule has 0 radical (unpaired) electrons. The van der Waals surface area contributed by atoms with Gasteiger partial charge >= 0.3 is 0 Å². The van der Waals surface area contributed by atoms with E-state index in [1.807, 2.05) is 31.2 Å². The highest BCUT2D eigenvalue weighted by Crippen LogP contribution is 2.20. The van der Waals surface area contributed by atoms with Crippen LogP contribution in [0.15, 0.2) is 46.9 Å². The number of aryl methyl sites for hydroxylation is 1. The maximum Gasteiger partial charge on any atom is 0.257 e. The highest BCUT2D eigenvalue weighted by molar-refractivity contribution is 9.10. The Morgan fingerprint density at radius 2 is 2.00 bits per heavy atom. The number of anilines is 2. The number of carbonyl (C=O) groups is 1. The van der Waals surface area contributed by atoms with E-state index >= 15 is 0 Å². The minimum Gasteiger partial charge on any atom is -0.398 e. The molecule has 0 aliphatic carbocycles. The molecule has 0 fully saturated rings. The molecular formula is C14H13BrN2O. The number of nitrogens with one attached hydrogen (secondary N) is 1. The van der Waals surface area contributed by atoms with Crippen LogP contribution in [0.4, 0.5) is 11.4 Å². The Morgan fingerprint density at radius 3 is 2.72 bits per heavy atom. The molecule has 0 bridgehead atoms. The van der Waals surface area contributed by atoms with Gasteiger partial charge in [-0.15, -0.1) is 0 Å². The van der Waals surface area contributed by atoms with E-state index in [4.69, 9.17) is 5.73 Å². The Kier molecular flexibility index (Phi) is 3.67. The molecule has 1 amide bonds. The molecule has 0 aliphatic rings. The molecular weight excluding hydrogens is 292 g/mol. The lowest BCUT2D eigenvalue weighted by Gasteiger charge is -2.08. The van der Waals surface area contributed by atoms with E-state index < -0.39 is 0 Å². The second-order valence-corrected chi connectivity index (χ2v) is 4.97. The van der Waals surface area contributed by atoms with Crippen molar-refractivity contribution in [3.8, 4) is 0 Å². The first-order valence-corrected chi connectivity index (χ1v) is 6.28. The number of benzene rings is 2. The third-order valence-electron chi connectivity index (χ3n) is 2.54. The van der Waals surface area contributed by atoms with Crippen LogP contribution in [0, 0.1) is 6.92 Å². The van der Waals surface area contributed by atoms with Crippen molar-refractivity contribution in [3.05, 3.63) is 58.1 Å². The van der Waals surface area contributed by atoms with Gasteiger partial charge in [-0.25, -0.2) is 0 Å². The molecule has 3 N–H and O–H groups in total. The lowest BCUT2D eigenvalue weighted by molar-refractivity contribution is 0.102. The van der Waals surface area contributed by atoms with E-state index in [0.717, 1.165) is 15.7 Å². The van der Waals surface area contributed by atoms with E-state index in [9.17, 15) is 4.79 Å². The Labute approximate surface area is 114 Å². The molecule has 2 aromatic carbocycles. The van der Waals surface area contributed by atoms with Crippen molar-refractivity contribution in [1.29, 1.82) is 0 Å². The van der Waals surface area contributed by atoms with Crippen LogP contribution in [0.5, 0.6) is 0 Å². The summed E-state index contributed by atoms with van der Waals surface area (Å²) in [6, 6.07) is 12.8. The summed E-state index contributed by atoms with van der Waals surface area (Å²) in [5, 5.41) is 2.83. The Morgan fingerprint density at radius 1 is 1.22 bits per heavy atom. The summed E-state index contributed by atoms with van der Waals surface area (Å²) in [5.41, 5.74) is 8.57. The van der Waals surface area contributed by atoms with Gasteiger partial charge in [0, 0.05) is 15.8 Å².